The van der Waals surface area contributed by atoms with Gasteiger partial charge in [0.1, 0.15) is 18.1 Å². The molecule has 2 amide bonds. The van der Waals surface area contributed by atoms with Gasteiger partial charge in [0.15, 0.2) is 0 Å². The normalized spacial score (nSPS) is 18.3. The lowest BCUT2D eigenvalue weighted by Crippen LogP contribution is -2.34. The number of rotatable bonds is 6. The lowest BCUT2D eigenvalue weighted by atomic mass is 10.2. The Labute approximate surface area is 160 Å². The third-order valence-electron chi connectivity index (χ3n) is 4.49. The van der Waals surface area contributed by atoms with Gasteiger partial charge >= 0.3 is 0 Å². The Morgan fingerprint density at radius 3 is 3.04 bits per heavy atom. The molecule has 0 radical (unpaired) electrons. The second kappa shape index (κ2) is 8.05. The van der Waals surface area contributed by atoms with E-state index in [-0.39, 0.29) is 30.2 Å². The molecule has 0 saturated carbocycles. The highest BCUT2D eigenvalue weighted by molar-refractivity contribution is 7.98. The molecule has 0 aliphatic carbocycles. The molecule has 27 heavy (non-hydrogen) atoms. The molecule has 9 nitrogen and oxygen atoms in total. The van der Waals surface area contributed by atoms with Gasteiger partial charge in [-0.1, -0.05) is 0 Å². The summed E-state index contributed by atoms with van der Waals surface area (Å²) in [6.07, 6.45) is 6.46. The number of nitrogens with zero attached hydrogens (tertiary/aromatic N) is 4. The summed E-state index contributed by atoms with van der Waals surface area (Å²) in [5, 5.41) is 10.2. The molecule has 1 saturated heterocycles. The summed E-state index contributed by atoms with van der Waals surface area (Å²) < 4.78 is 7.08. The molecule has 2 aliphatic heterocycles. The number of aromatic nitrogens is 4. The van der Waals surface area contributed by atoms with Crippen LogP contribution in [-0.4, -0.2) is 50.8 Å². The van der Waals surface area contributed by atoms with E-state index in [1.807, 2.05) is 0 Å². The first-order chi connectivity index (χ1) is 13.2. The van der Waals surface area contributed by atoms with Crippen LogP contribution in [0, 0.1) is 0 Å². The number of carbonyl (C=O) groups is 2. The van der Waals surface area contributed by atoms with Gasteiger partial charge in [0.2, 0.25) is 5.91 Å². The Kier molecular flexibility index (Phi) is 5.35. The van der Waals surface area contributed by atoms with Crippen LogP contribution in [0.1, 0.15) is 34.6 Å². The predicted octanol–water partition coefficient (Wildman–Crippen LogP) is 0.967. The fourth-order valence-electron chi connectivity index (χ4n) is 3.13. The average molecular weight is 388 g/mol. The lowest BCUT2D eigenvalue weighted by molar-refractivity contribution is -0.122. The largest absolute Gasteiger partial charge is 0.376 e. The van der Waals surface area contributed by atoms with Crippen molar-refractivity contribution in [3.63, 3.8) is 0 Å². The molecular weight excluding hydrogens is 368 g/mol. The summed E-state index contributed by atoms with van der Waals surface area (Å²) in [6, 6.07) is 0. The van der Waals surface area contributed by atoms with Crippen molar-refractivity contribution in [2.75, 3.05) is 18.5 Å². The van der Waals surface area contributed by atoms with Crippen LogP contribution in [0.15, 0.2) is 18.6 Å². The van der Waals surface area contributed by atoms with Crippen molar-refractivity contribution < 1.29 is 14.3 Å². The summed E-state index contributed by atoms with van der Waals surface area (Å²) >= 11 is 1.73. The van der Waals surface area contributed by atoms with Crippen molar-refractivity contribution >= 4 is 29.4 Å². The molecule has 0 bridgehead atoms. The van der Waals surface area contributed by atoms with Gasteiger partial charge in [-0.05, 0) is 12.8 Å². The van der Waals surface area contributed by atoms with E-state index in [9.17, 15) is 9.59 Å². The molecule has 1 fully saturated rings. The molecule has 4 heterocycles. The molecule has 0 spiro atoms. The number of thioether (sulfide) groups is 1. The Bertz CT molecular complexity index is 835. The molecule has 0 aromatic carbocycles. The van der Waals surface area contributed by atoms with Crippen LogP contribution in [0.2, 0.25) is 0 Å². The van der Waals surface area contributed by atoms with Gasteiger partial charge in [0.05, 0.1) is 18.0 Å². The Morgan fingerprint density at radius 1 is 1.33 bits per heavy atom. The SMILES string of the molecule is O=C(Cn1nc2c(c1NC(=O)c1cnccn1)CSC2)NC[C@H]1CCCO1. The fraction of sp³-hybridized carbons (Fsp3) is 0.471. The monoisotopic (exact) mass is 388 g/mol. The first kappa shape index (κ1) is 17.9. The van der Waals surface area contributed by atoms with Crippen LogP contribution >= 0.6 is 11.8 Å². The molecule has 142 valence electrons. The van der Waals surface area contributed by atoms with Crippen LogP contribution in [0.3, 0.4) is 0 Å². The quantitative estimate of drug-likeness (QED) is 0.758. The standard InChI is InChI=1S/C17H20N6O3S/c24-15(20-6-11-2-1-5-26-11)8-23-16(12-9-27-10-14(12)22-23)21-17(25)13-7-18-3-4-19-13/h3-4,7,11H,1-2,5-6,8-10H2,(H,20,24)(H,21,25)/t11-/m1/s1. The highest BCUT2D eigenvalue weighted by Crippen LogP contribution is 2.34. The summed E-state index contributed by atoms with van der Waals surface area (Å²) in [5.74, 6) is 1.55. The minimum absolute atomic E-state index is 0.0421. The third kappa shape index (κ3) is 4.11. The minimum atomic E-state index is -0.372. The number of anilines is 1. The maximum atomic E-state index is 12.5. The van der Waals surface area contributed by atoms with Gasteiger partial charge in [-0.3, -0.25) is 14.6 Å². The van der Waals surface area contributed by atoms with Crippen molar-refractivity contribution in [3.05, 3.63) is 35.5 Å². The van der Waals surface area contributed by atoms with E-state index in [0.29, 0.717) is 12.4 Å². The fourth-order valence-corrected chi connectivity index (χ4v) is 4.17. The smallest absolute Gasteiger partial charge is 0.277 e. The van der Waals surface area contributed by atoms with Gasteiger partial charge in [-0.15, -0.1) is 0 Å². The number of carbonyl (C=O) groups excluding carboxylic acids is 2. The van der Waals surface area contributed by atoms with E-state index in [1.54, 1.807) is 16.4 Å². The topological polar surface area (TPSA) is 111 Å². The Hall–Kier alpha value is -2.46. The average Bonchev–Trinajstić information content (AvgIpc) is 3.41. The Balaban J connectivity index is 1.46. The molecular formula is C17H20N6O3S. The van der Waals surface area contributed by atoms with Crippen molar-refractivity contribution in [1.29, 1.82) is 0 Å². The van der Waals surface area contributed by atoms with E-state index in [0.717, 1.165) is 42.2 Å². The van der Waals surface area contributed by atoms with Gasteiger partial charge in [0.25, 0.3) is 5.91 Å². The van der Waals surface area contributed by atoms with Gasteiger partial charge in [-0.2, -0.15) is 16.9 Å². The highest BCUT2D eigenvalue weighted by atomic mass is 32.2. The number of hydrogen-bond acceptors (Lipinski definition) is 7. The third-order valence-corrected chi connectivity index (χ3v) is 5.46. The molecule has 10 heteroatoms. The summed E-state index contributed by atoms with van der Waals surface area (Å²) in [5.41, 5.74) is 2.08. The van der Waals surface area contributed by atoms with Crippen LogP contribution in [0.5, 0.6) is 0 Å². The number of fused-ring (bicyclic) bond motifs is 1. The van der Waals surface area contributed by atoms with Crippen molar-refractivity contribution in [1.82, 2.24) is 25.1 Å². The van der Waals surface area contributed by atoms with Gasteiger partial charge in [-0.25, -0.2) is 9.67 Å². The van der Waals surface area contributed by atoms with E-state index in [2.05, 4.69) is 25.7 Å². The predicted molar refractivity (Wildman–Crippen MR) is 99.2 cm³/mol. The Morgan fingerprint density at radius 2 is 2.26 bits per heavy atom. The van der Waals surface area contributed by atoms with Crippen LogP contribution < -0.4 is 10.6 Å². The van der Waals surface area contributed by atoms with Gasteiger partial charge in [0, 0.05) is 42.6 Å². The molecule has 4 rings (SSSR count). The van der Waals surface area contributed by atoms with Crippen LogP contribution in [-0.2, 0) is 27.6 Å². The van der Waals surface area contributed by atoms with Crippen molar-refractivity contribution in [2.45, 2.75) is 37.0 Å². The number of amides is 2. The zero-order valence-corrected chi connectivity index (χ0v) is 15.5. The van der Waals surface area contributed by atoms with E-state index >= 15 is 0 Å². The molecule has 2 N–H and O–H groups in total. The number of nitrogens with one attached hydrogen (secondary N) is 2. The van der Waals surface area contributed by atoms with E-state index in [4.69, 9.17) is 4.74 Å². The van der Waals surface area contributed by atoms with Gasteiger partial charge < -0.3 is 15.4 Å². The van der Waals surface area contributed by atoms with Crippen molar-refractivity contribution in [2.24, 2.45) is 0 Å². The van der Waals surface area contributed by atoms with Crippen LogP contribution in [0.25, 0.3) is 0 Å². The minimum Gasteiger partial charge on any atom is -0.376 e. The molecule has 2 aromatic heterocycles. The first-order valence-corrected chi connectivity index (χ1v) is 9.98. The van der Waals surface area contributed by atoms with E-state index < -0.39 is 0 Å². The molecule has 2 aromatic rings. The van der Waals surface area contributed by atoms with Crippen molar-refractivity contribution in [3.8, 4) is 0 Å². The lowest BCUT2D eigenvalue weighted by Gasteiger charge is -2.13. The molecule has 0 unspecified atom stereocenters. The number of hydrogen-bond donors (Lipinski definition) is 2. The maximum Gasteiger partial charge on any atom is 0.277 e. The summed E-state index contributed by atoms with van der Waals surface area (Å²) in [7, 11) is 0. The maximum absolute atomic E-state index is 12.5. The van der Waals surface area contributed by atoms with E-state index in [1.165, 1.54) is 18.6 Å². The summed E-state index contributed by atoms with van der Waals surface area (Å²) in [4.78, 5) is 32.7. The zero-order chi connectivity index (χ0) is 18.6. The van der Waals surface area contributed by atoms with Crippen LogP contribution in [0.4, 0.5) is 5.82 Å². The highest BCUT2D eigenvalue weighted by Gasteiger charge is 2.26. The second-order valence-corrected chi connectivity index (χ2v) is 7.39. The molecule has 2 aliphatic rings. The zero-order valence-electron chi connectivity index (χ0n) is 14.7. The summed E-state index contributed by atoms with van der Waals surface area (Å²) in [6.45, 7) is 1.29. The number of ether oxygens (including phenoxy) is 1. The second-order valence-electron chi connectivity index (χ2n) is 6.41. The molecule has 1 atom stereocenters. The first-order valence-electron chi connectivity index (χ1n) is 8.82.